The lowest BCUT2D eigenvalue weighted by atomic mass is 10.2. The maximum absolute atomic E-state index is 12.1. The van der Waals surface area contributed by atoms with E-state index < -0.39 is 21.0 Å². The number of nitrogens with zero attached hydrogens (tertiary/aromatic N) is 2. The van der Waals surface area contributed by atoms with Crippen LogP contribution in [-0.4, -0.2) is 32.2 Å². The summed E-state index contributed by atoms with van der Waals surface area (Å²) in [6.07, 6.45) is -0.764. The maximum atomic E-state index is 12.1. The summed E-state index contributed by atoms with van der Waals surface area (Å²) in [5.74, 6) is 0.102. The first kappa shape index (κ1) is 20.2. The molecule has 9 nitrogen and oxygen atoms in total. The van der Waals surface area contributed by atoms with Crippen LogP contribution in [0.25, 0.3) is 0 Å². The predicted octanol–water partition coefficient (Wildman–Crippen LogP) is 2.67. The summed E-state index contributed by atoms with van der Waals surface area (Å²) in [6.45, 7) is 1.60. The molecule has 10 heteroatoms. The van der Waals surface area contributed by atoms with Crippen molar-refractivity contribution in [1.82, 2.24) is 5.32 Å². The van der Waals surface area contributed by atoms with Gasteiger partial charge in [-0.2, -0.15) is 0 Å². The highest BCUT2D eigenvalue weighted by Crippen LogP contribution is 2.22. The minimum Gasteiger partial charge on any atom is -0.410 e. The summed E-state index contributed by atoms with van der Waals surface area (Å²) >= 11 is 0. The third-order valence-corrected chi connectivity index (χ3v) is 5.56. The molecular weight excluding hydrogens is 374 g/mol. The third kappa shape index (κ3) is 5.17. The van der Waals surface area contributed by atoms with Crippen LogP contribution in [-0.2, 0) is 16.6 Å². The number of ether oxygens (including phenoxy) is 1. The van der Waals surface area contributed by atoms with Crippen molar-refractivity contribution in [2.75, 3.05) is 17.1 Å². The molecule has 2 aromatic carbocycles. The first-order valence-corrected chi connectivity index (χ1v) is 9.60. The number of nitrogens with one attached hydrogen (secondary N) is 1. The Morgan fingerprint density at radius 2 is 1.81 bits per heavy atom. The third-order valence-electron chi connectivity index (χ3n) is 3.79. The monoisotopic (exact) mass is 393 g/mol. The molecule has 0 aliphatic carbocycles. The number of hydrogen-bond acceptors (Lipinski definition) is 6. The van der Waals surface area contributed by atoms with Crippen LogP contribution in [0.4, 0.5) is 16.2 Å². The van der Waals surface area contributed by atoms with E-state index >= 15 is 0 Å². The zero-order valence-electron chi connectivity index (χ0n) is 14.8. The van der Waals surface area contributed by atoms with Gasteiger partial charge in [-0.3, -0.25) is 14.4 Å². The Morgan fingerprint density at radius 3 is 2.41 bits per heavy atom. The molecule has 0 saturated carbocycles. The number of sulfonamides is 1. The molecular formula is C17H19N3O6S. The van der Waals surface area contributed by atoms with Crippen molar-refractivity contribution in [3.05, 3.63) is 64.2 Å². The molecule has 0 spiro atoms. The number of nitro benzene ring substituents is 1. The summed E-state index contributed by atoms with van der Waals surface area (Å²) in [5.41, 5.74) is 0.935. The number of rotatable bonds is 7. The summed E-state index contributed by atoms with van der Waals surface area (Å²) in [7, 11) is -1.99. The van der Waals surface area contributed by atoms with Crippen LogP contribution in [0.5, 0.6) is 5.75 Å². The molecule has 27 heavy (non-hydrogen) atoms. The number of hydrogen-bond donors (Lipinski definition) is 1. The number of carbonyl (C=O) groups excluding carboxylic acids is 1. The van der Waals surface area contributed by atoms with Crippen LogP contribution >= 0.6 is 0 Å². The van der Waals surface area contributed by atoms with E-state index in [4.69, 9.17) is 4.74 Å². The topological polar surface area (TPSA) is 119 Å². The largest absolute Gasteiger partial charge is 0.412 e. The highest BCUT2D eigenvalue weighted by atomic mass is 32.2. The van der Waals surface area contributed by atoms with E-state index in [1.807, 2.05) is 0 Å². The summed E-state index contributed by atoms with van der Waals surface area (Å²) in [4.78, 5) is 22.0. The zero-order chi connectivity index (χ0) is 20.0. The average Bonchev–Trinajstić information content (AvgIpc) is 2.66. The maximum Gasteiger partial charge on any atom is 0.412 e. The molecule has 0 unspecified atom stereocenters. The number of non-ortho nitro benzene ring substituents is 1. The number of carbonyl (C=O) groups is 1. The van der Waals surface area contributed by atoms with Gasteiger partial charge in [-0.1, -0.05) is 18.2 Å². The van der Waals surface area contributed by atoms with Gasteiger partial charge in [-0.05, 0) is 30.7 Å². The Kier molecular flexibility index (Phi) is 6.35. The molecule has 0 bridgehead atoms. The highest BCUT2D eigenvalue weighted by molar-refractivity contribution is 7.92. The summed E-state index contributed by atoms with van der Waals surface area (Å²) < 4.78 is 30.4. The van der Waals surface area contributed by atoms with Gasteiger partial charge < -0.3 is 10.1 Å². The second kappa shape index (κ2) is 8.49. The second-order valence-electron chi connectivity index (χ2n) is 5.49. The van der Waals surface area contributed by atoms with E-state index in [1.54, 1.807) is 31.2 Å². The Bertz CT molecular complexity index is 928. The molecule has 2 aromatic rings. The first-order chi connectivity index (χ1) is 12.7. The first-order valence-electron chi connectivity index (χ1n) is 7.99. The zero-order valence-corrected chi connectivity index (χ0v) is 15.6. The van der Waals surface area contributed by atoms with Gasteiger partial charge in [-0.25, -0.2) is 13.2 Å². The lowest BCUT2D eigenvalue weighted by molar-refractivity contribution is -0.384. The van der Waals surface area contributed by atoms with Crippen molar-refractivity contribution in [1.29, 1.82) is 0 Å². The van der Waals surface area contributed by atoms with Crippen LogP contribution in [0.3, 0.4) is 0 Å². The van der Waals surface area contributed by atoms with Crippen molar-refractivity contribution in [3.8, 4) is 5.75 Å². The molecule has 0 aromatic heterocycles. The Hall–Kier alpha value is -3.14. The molecule has 0 saturated heterocycles. The lowest BCUT2D eigenvalue weighted by Gasteiger charge is -2.21. The molecule has 0 aliphatic rings. The Labute approximate surface area is 156 Å². The smallest absolute Gasteiger partial charge is 0.410 e. The van der Waals surface area contributed by atoms with Gasteiger partial charge in [0.25, 0.3) is 5.69 Å². The molecule has 0 radical (unpaired) electrons. The lowest BCUT2D eigenvalue weighted by Crippen LogP contribution is -2.31. The van der Waals surface area contributed by atoms with Crippen molar-refractivity contribution < 1.29 is 22.9 Å². The predicted molar refractivity (Wildman–Crippen MR) is 100 cm³/mol. The Morgan fingerprint density at radius 1 is 1.19 bits per heavy atom. The molecule has 144 valence electrons. The molecule has 0 aliphatic heterocycles. The van der Waals surface area contributed by atoms with Crippen molar-refractivity contribution in [2.24, 2.45) is 0 Å². The van der Waals surface area contributed by atoms with Gasteiger partial charge in [0.1, 0.15) is 5.75 Å². The van der Waals surface area contributed by atoms with Gasteiger partial charge in [0.15, 0.2) is 0 Å². The van der Waals surface area contributed by atoms with Crippen molar-refractivity contribution in [3.63, 3.8) is 0 Å². The van der Waals surface area contributed by atoms with Gasteiger partial charge in [0.2, 0.25) is 10.0 Å². The second-order valence-corrected chi connectivity index (χ2v) is 7.78. The van der Waals surface area contributed by atoms with Crippen LogP contribution in [0, 0.1) is 10.1 Å². The highest BCUT2D eigenvalue weighted by Gasteiger charge is 2.18. The average molecular weight is 393 g/mol. The number of benzene rings is 2. The van der Waals surface area contributed by atoms with E-state index in [0.717, 1.165) is 0 Å². The van der Waals surface area contributed by atoms with Crippen LogP contribution in [0.15, 0.2) is 48.5 Å². The number of para-hydroxylation sites is 1. The molecule has 0 atom stereocenters. The molecule has 0 heterocycles. The number of anilines is 1. The summed E-state index contributed by atoms with van der Waals surface area (Å²) in [5, 5.41) is 13.1. The number of amides is 1. The fourth-order valence-electron chi connectivity index (χ4n) is 2.26. The van der Waals surface area contributed by atoms with Crippen LogP contribution < -0.4 is 14.4 Å². The molecule has 2 rings (SSSR count). The normalized spacial score (nSPS) is 10.9. The standard InChI is InChI=1S/C17H19N3O6S/c1-3-27(24,25)19(2)16-7-5-4-6-13(16)12-18-17(21)26-15-10-8-14(9-11-15)20(22)23/h4-11H,3,12H2,1-2H3,(H,18,21). The quantitative estimate of drug-likeness (QED) is 0.570. The molecule has 1 amide bonds. The SMILES string of the molecule is CCS(=O)(=O)N(C)c1ccccc1CNC(=O)Oc1ccc([N+](=O)[O-])cc1. The molecule has 1 N–H and O–H groups in total. The number of nitro groups is 1. The fourth-order valence-corrected chi connectivity index (χ4v) is 3.12. The van der Waals surface area contributed by atoms with E-state index in [0.29, 0.717) is 11.3 Å². The van der Waals surface area contributed by atoms with Crippen LogP contribution in [0.2, 0.25) is 0 Å². The Balaban J connectivity index is 2.04. The van der Waals surface area contributed by atoms with Crippen LogP contribution in [0.1, 0.15) is 12.5 Å². The fraction of sp³-hybridized carbons (Fsp3) is 0.235. The molecule has 0 fully saturated rings. The minimum absolute atomic E-state index is 0.0472. The van der Waals surface area contributed by atoms with E-state index in [2.05, 4.69) is 5.32 Å². The minimum atomic E-state index is -3.44. The van der Waals surface area contributed by atoms with Crippen molar-refractivity contribution in [2.45, 2.75) is 13.5 Å². The van der Waals surface area contributed by atoms with E-state index in [-0.39, 0.29) is 23.7 Å². The van der Waals surface area contributed by atoms with Crippen molar-refractivity contribution >= 4 is 27.5 Å². The van der Waals surface area contributed by atoms with Gasteiger partial charge in [0, 0.05) is 25.7 Å². The summed E-state index contributed by atoms with van der Waals surface area (Å²) in [6, 6.07) is 11.9. The van der Waals surface area contributed by atoms with E-state index in [9.17, 15) is 23.3 Å². The van der Waals surface area contributed by atoms with E-state index in [1.165, 1.54) is 35.6 Å². The van der Waals surface area contributed by atoms with Gasteiger partial charge in [0.05, 0.1) is 16.4 Å². The van der Waals surface area contributed by atoms with Gasteiger partial charge in [-0.15, -0.1) is 0 Å². The van der Waals surface area contributed by atoms with Gasteiger partial charge >= 0.3 is 6.09 Å².